The van der Waals surface area contributed by atoms with Crippen LogP contribution >= 0.6 is 11.3 Å². The van der Waals surface area contributed by atoms with Gasteiger partial charge in [-0.1, -0.05) is 25.3 Å². The lowest BCUT2D eigenvalue weighted by Crippen LogP contribution is -2.34. The normalized spacial score (nSPS) is 24.3. The second-order valence-electron chi connectivity index (χ2n) is 5.24. The molecule has 4 heteroatoms. The van der Waals surface area contributed by atoms with Gasteiger partial charge >= 0.3 is 0 Å². The molecule has 2 aromatic rings. The third kappa shape index (κ3) is 2.60. The average Bonchev–Trinajstić information content (AvgIpc) is 3.05. The van der Waals surface area contributed by atoms with Gasteiger partial charge in [0.15, 0.2) is 0 Å². The highest BCUT2D eigenvalue weighted by molar-refractivity contribution is 7.13. The molecule has 0 saturated heterocycles. The van der Waals surface area contributed by atoms with Crippen LogP contribution in [-0.2, 0) is 0 Å². The Kier molecular flexibility index (Phi) is 3.99. The molecule has 0 amide bonds. The first-order valence-electron chi connectivity index (χ1n) is 7.14. The zero-order valence-electron chi connectivity index (χ0n) is 11.4. The van der Waals surface area contributed by atoms with E-state index >= 15 is 0 Å². The van der Waals surface area contributed by atoms with Crippen molar-refractivity contribution >= 4 is 11.3 Å². The van der Waals surface area contributed by atoms with Crippen LogP contribution in [0.5, 0.6) is 0 Å². The second kappa shape index (κ2) is 5.88. The fraction of sp³-hybridized carbons (Fsp3) is 0.533. The minimum Gasteiger partial charge on any atom is -0.326 e. The van der Waals surface area contributed by atoms with Crippen LogP contribution in [0.3, 0.4) is 0 Å². The van der Waals surface area contributed by atoms with Crippen LogP contribution in [-0.4, -0.2) is 22.6 Å². The van der Waals surface area contributed by atoms with Gasteiger partial charge in [-0.3, -0.25) is 0 Å². The third-order valence-corrected chi connectivity index (χ3v) is 4.98. The summed E-state index contributed by atoms with van der Waals surface area (Å²) in [5.41, 5.74) is 0. The predicted molar refractivity (Wildman–Crippen MR) is 80.5 cm³/mol. The summed E-state index contributed by atoms with van der Waals surface area (Å²) in [7, 11) is 2.09. The van der Waals surface area contributed by atoms with Gasteiger partial charge in [0.25, 0.3) is 0 Å². The van der Waals surface area contributed by atoms with E-state index in [0.717, 1.165) is 5.82 Å². The van der Waals surface area contributed by atoms with Crippen molar-refractivity contribution in [3.05, 3.63) is 29.9 Å². The van der Waals surface area contributed by atoms with Crippen LogP contribution in [0.4, 0.5) is 0 Å². The number of nitrogens with one attached hydrogen (secondary N) is 1. The molecule has 3 nitrogen and oxygen atoms in total. The lowest BCUT2D eigenvalue weighted by atomic mass is 10.0. The quantitative estimate of drug-likeness (QED) is 0.866. The summed E-state index contributed by atoms with van der Waals surface area (Å²) >= 11 is 1.77. The average molecular weight is 275 g/mol. The fourth-order valence-electron chi connectivity index (χ4n) is 3.14. The number of hydrogen-bond acceptors (Lipinski definition) is 3. The standard InChI is InChI=1S/C15H21N3S/c1-16-12-6-3-2-4-7-13(12)18-10-9-17-15(18)14-8-5-11-19-14/h5,8-13,16H,2-4,6-7H2,1H3. The summed E-state index contributed by atoms with van der Waals surface area (Å²) in [5.74, 6) is 1.13. The Hall–Kier alpha value is -1.13. The van der Waals surface area contributed by atoms with E-state index in [2.05, 4.69) is 45.6 Å². The highest BCUT2D eigenvalue weighted by Gasteiger charge is 2.25. The van der Waals surface area contributed by atoms with Crippen LogP contribution in [0.2, 0.25) is 0 Å². The third-order valence-electron chi connectivity index (χ3n) is 4.12. The topological polar surface area (TPSA) is 29.9 Å². The molecular formula is C15H21N3S. The molecule has 2 heterocycles. The molecule has 3 rings (SSSR count). The molecule has 1 N–H and O–H groups in total. The summed E-state index contributed by atoms with van der Waals surface area (Å²) in [6.45, 7) is 0. The summed E-state index contributed by atoms with van der Waals surface area (Å²) < 4.78 is 2.39. The van der Waals surface area contributed by atoms with Crippen LogP contribution in [0.15, 0.2) is 29.9 Å². The highest BCUT2D eigenvalue weighted by Crippen LogP contribution is 2.32. The first-order valence-corrected chi connectivity index (χ1v) is 8.02. The molecule has 102 valence electrons. The predicted octanol–water partition coefficient (Wildman–Crippen LogP) is 3.70. The van der Waals surface area contributed by atoms with E-state index < -0.39 is 0 Å². The van der Waals surface area contributed by atoms with Gasteiger partial charge in [0.2, 0.25) is 0 Å². The lowest BCUT2D eigenvalue weighted by Gasteiger charge is -2.27. The van der Waals surface area contributed by atoms with E-state index in [4.69, 9.17) is 0 Å². The van der Waals surface area contributed by atoms with E-state index in [-0.39, 0.29) is 0 Å². The van der Waals surface area contributed by atoms with Gasteiger partial charge in [0, 0.05) is 18.4 Å². The Morgan fingerprint density at radius 3 is 3.00 bits per heavy atom. The van der Waals surface area contributed by atoms with Gasteiger partial charge in [-0.25, -0.2) is 4.98 Å². The maximum Gasteiger partial charge on any atom is 0.150 e. The first kappa shape index (κ1) is 12.9. The molecule has 0 bridgehead atoms. The fourth-order valence-corrected chi connectivity index (χ4v) is 3.86. The van der Waals surface area contributed by atoms with Crippen molar-refractivity contribution in [1.82, 2.24) is 14.9 Å². The molecule has 0 aliphatic heterocycles. The van der Waals surface area contributed by atoms with Crippen molar-refractivity contribution in [2.45, 2.75) is 44.2 Å². The minimum atomic E-state index is 0.534. The lowest BCUT2D eigenvalue weighted by molar-refractivity contribution is 0.349. The summed E-state index contributed by atoms with van der Waals surface area (Å²) in [4.78, 5) is 5.85. The van der Waals surface area contributed by atoms with Crippen molar-refractivity contribution in [3.63, 3.8) is 0 Å². The van der Waals surface area contributed by atoms with E-state index in [0.29, 0.717) is 12.1 Å². The van der Waals surface area contributed by atoms with Crippen LogP contribution in [0, 0.1) is 0 Å². The van der Waals surface area contributed by atoms with Gasteiger partial charge in [0.1, 0.15) is 5.82 Å². The van der Waals surface area contributed by atoms with Gasteiger partial charge in [-0.2, -0.15) is 0 Å². The number of thiophene rings is 1. The number of nitrogens with zero attached hydrogens (tertiary/aromatic N) is 2. The molecule has 1 saturated carbocycles. The number of hydrogen-bond donors (Lipinski definition) is 1. The SMILES string of the molecule is CNC1CCCCCC1n1ccnc1-c1cccs1. The monoisotopic (exact) mass is 275 g/mol. The number of aromatic nitrogens is 2. The Balaban J connectivity index is 1.94. The van der Waals surface area contributed by atoms with Crippen LogP contribution in [0.1, 0.15) is 38.1 Å². The molecule has 1 aliphatic carbocycles. The van der Waals surface area contributed by atoms with E-state index in [1.165, 1.54) is 37.0 Å². The summed E-state index contributed by atoms with van der Waals surface area (Å²) in [6, 6.07) is 5.36. The highest BCUT2D eigenvalue weighted by atomic mass is 32.1. The smallest absolute Gasteiger partial charge is 0.150 e. The molecule has 2 aromatic heterocycles. The van der Waals surface area contributed by atoms with Gasteiger partial charge in [-0.15, -0.1) is 11.3 Å². The molecule has 19 heavy (non-hydrogen) atoms. The number of imidazole rings is 1. The number of likely N-dealkylation sites (N-methyl/N-ethyl adjacent to an activating group) is 1. The molecular weight excluding hydrogens is 254 g/mol. The van der Waals surface area contributed by atoms with E-state index in [1.54, 1.807) is 11.3 Å². The Bertz CT molecular complexity index is 503. The van der Waals surface area contributed by atoms with Gasteiger partial charge in [-0.05, 0) is 31.3 Å². The summed E-state index contributed by atoms with van der Waals surface area (Å²) in [5, 5.41) is 5.63. The Morgan fingerprint density at radius 2 is 2.21 bits per heavy atom. The van der Waals surface area contributed by atoms with Crippen molar-refractivity contribution in [2.75, 3.05) is 7.05 Å². The van der Waals surface area contributed by atoms with Crippen LogP contribution in [0.25, 0.3) is 10.7 Å². The Labute approximate surface area is 118 Å². The largest absolute Gasteiger partial charge is 0.326 e. The van der Waals surface area contributed by atoms with E-state index in [9.17, 15) is 0 Å². The van der Waals surface area contributed by atoms with Gasteiger partial charge in [0.05, 0.1) is 10.9 Å². The zero-order chi connectivity index (χ0) is 13.1. The van der Waals surface area contributed by atoms with Crippen LogP contribution < -0.4 is 5.32 Å². The van der Waals surface area contributed by atoms with E-state index in [1.807, 2.05) is 6.20 Å². The van der Waals surface area contributed by atoms with Crippen molar-refractivity contribution in [3.8, 4) is 10.7 Å². The molecule has 0 aromatic carbocycles. The molecule has 1 aliphatic rings. The molecule has 0 radical (unpaired) electrons. The van der Waals surface area contributed by atoms with Crippen molar-refractivity contribution in [2.24, 2.45) is 0 Å². The second-order valence-corrected chi connectivity index (χ2v) is 6.18. The number of rotatable bonds is 3. The Morgan fingerprint density at radius 1 is 1.32 bits per heavy atom. The first-order chi connectivity index (χ1) is 9.40. The van der Waals surface area contributed by atoms with Crippen molar-refractivity contribution in [1.29, 1.82) is 0 Å². The summed E-state index contributed by atoms with van der Waals surface area (Å²) in [6.07, 6.45) is 10.6. The van der Waals surface area contributed by atoms with Crippen molar-refractivity contribution < 1.29 is 0 Å². The molecule has 2 atom stereocenters. The van der Waals surface area contributed by atoms with Gasteiger partial charge < -0.3 is 9.88 Å². The zero-order valence-corrected chi connectivity index (χ0v) is 12.2. The minimum absolute atomic E-state index is 0.534. The molecule has 2 unspecified atom stereocenters. The maximum absolute atomic E-state index is 4.58. The molecule has 1 fully saturated rings. The molecule has 0 spiro atoms. The maximum atomic E-state index is 4.58.